The fourth-order valence-corrected chi connectivity index (χ4v) is 3.85. The molecule has 0 atom stereocenters. The summed E-state index contributed by atoms with van der Waals surface area (Å²) in [5.41, 5.74) is 1.94. The molecule has 5 heteroatoms. The van der Waals surface area contributed by atoms with Crippen LogP contribution in [0.3, 0.4) is 0 Å². The van der Waals surface area contributed by atoms with Crippen molar-refractivity contribution in [3.63, 3.8) is 0 Å². The smallest absolute Gasteiger partial charge is 0.277 e. The van der Waals surface area contributed by atoms with E-state index in [1.165, 1.54) is 4.90 Å². The van der Waals surface area contributed by atoms with Crippen molar-refractivity contribution >= 4 is 17.4 Å². The van der Waals surface area contributed by atoms with Gasteiger partial charge in [-0.15, -0.1) is 0 Å². The van der Waals surface area contributed by atoms with Gasteiger partial charge >= 0.3 is 0 Å². The molecular formula is C24H34N2O3. The Bertz CT molecular complexity index is 759. The Morgan fingerprint density at radius 2 is 1.72 bits per heavy atom. The Labute approximate surface area is 174 Å². The SMILES string of the molecule is CCCCN1C(=O)C(c2ccc(OCC(C)C)cc2)=C(N2CCC(C)CC2)C1=O. The third kappa shape index (κ3) is 4.82. The first-order valence-electron chi connectivity index (χ1n) is 11.0. The van der Waals surface area contributed by atoms with Crippen LogP contribution in [0.5, 0.6) is 5.75 Å². The molecule has 0 radical (unpaired) electrons. The predicted octanol–water partition coefficient (Wildman–Crippen LogP) is 4.33. The van der Waals surface area contributed by atoms with Crippen LogP contribution in [-0.2, 0) is 9.59 Å². The van der Waals surface area contributed by atoms with Crippen molar-refractivity contribution in [3.8, 4) is 5.75 Å². The maximum absolute atomic E-state index is 13.2. The summed E-state index contributed by atoms with van der Waals surface area (Å²) >= 11 is 0. The molecule has 0 unspecified atom stereocenters. The Balaban J connectivity index is 1.91. The summed E-state index contributed by atoms with van der Waals surface area (Å²) in [6.45, 7) is 11.3. The second kappa shape index (κ2) is 9.47. The Morgan fingerprint density at radius 3 is 2.31 bits per heavy atom. The molecule has 5 nitrogen and oxygen atoms in total. The second-order valence-corrected chi connectivity index (χ2v) is 8.74. The summed E-state index contributed by atoms with van der Waals surface area (Å²) < 4.78 is 5.77. The van der Waals surface area contributed by atoms with Crippen LogP contribution in [0, 0.1) is 11.8 Å². The molecule has 1 fully saturated rings. The van der Waals surface area contributed by atoms with Gasteiger partial charge in [-0.25, -0.2) is 0 Å². The molecule has 0 aromatic heterocycles. The van der Waals surface area contributed by atoms with Gasteiger partial charge in [-0.05, 0) is 48.8 Å². The lowest BCUT2D eigenvalue weighted by atomic mass is 9.97. The van der Waals surface area contributed by atoms with E-state index in [-0.39, 0.29) is 11.8 Å². The number of nitrogens with zero attached hydrogens (tertiary/aromatic N) is 2. The average molecular weight is 399 g/mol. The van der Waals surface area contributed by atoms with Gasteiger partial charge in [0.25, 0.3) is 11.8 Å². The first-order valence-corrected chi connectivity index (χ1v) is 11.0. The molecule has 1 aromatic rings. The van der Waals surface area contributed by atoms with Gasteiger partial charge < -0.3 is 9.64 Å². The summed E-state index contributed by atoms with van der Waals surface area (Å²) in [6.07, 6.45) is 3.88. The van der Waals surface area contributed by atoms with Crippen molar-refractivity contribution in [3.05, 3.63) is 35.5 Å². The summed E-state index contributed by atoms with van der Waals surface area (Å²) in [4.78, 5) is 30.0. The van der Waals surface area contributed by atoms with Crippen LogP contribution in [-0.4, -0.2) is 47.9 Å². The first-order chi connectivity index (χ1) is 13.9. The third-order valence-corrected chi connectivity index (χ3v) is 5.71. The van der Waals surface area contributed by atoms with E-state index in [9.17, 15) is 9.59 Å². The van der Waals surface area contributed by atoms with E-state index in [4.69, 9.17) is 4.74 Å². The number of unbranched alkanes of at least 4 members (excludes halogenated alkanes) is 1. The van der Waals surface area contributed by atoms with E-state index in [1.54, 1.807) is 0 Å². The average Bonchev–Trinajstić information content (AvgIpc) is 2.96. The number of hydrogen-bond donors (Lipinski definition) is 0. The minimum atomic E-state index is -0.159. The molecule has 158 valence electrons. The van der Waals surface area contributed by atoms with E-state index in [1.807, 2.05) is 24.3 Å². The van der Waals surface area contributed by atoms with Gasteiger partial charge in [-0.3, -0.25) is 14.5 Å². The number of piperidine rings is 1. The minimum Gasteiger partial charge on any atom is -0.493 e. The monoisotopic (exact) mass is 398 g/mol. The zero-order chi connectivity index (χ0) is 21.0. The molecule has 2 aliphatic heterocycles. The molecule has 2 heterocycles. The highest BCUT2D eigenvalue weighted by atomic mass is 16.5. The van der Waals surface area contributed by atoms with E-state index < -0.39 is 0 Å². The molecule has 2 amide bonds. The van der Waals surface area contributed by atoms with Gasteiger partial charge in [0, 0.05) is 19.6 Å². The maximum Gasteiger partial charge on any atom is 0.277 e. The van der Waals surface area contributed by atoms with Crippen LogP contribution >= 0.6 is 0 Å². The molecular weight excluding hydrogens is 364 g/mol. The van der Waals surface area contributed by atoms with E-state index >= 15 is 0 Å². The van der Waals surface area contributed by atoms with Crippen molar-refractivity contribution < 1.29 is 14.3 Å². The number of rotatable bonds is 8. The van der Waals surface area contributed by atoms with Crippen LogP contribution in [0.25, 0.3) is 5.57 Å². The molecule has 0 saturated carbocycles. The van der Waals surface area contributed by atoms with Crippen LogP contribution in [0.2, 0.25) is 0 Å². The molecule has 1 aromatic carbocycles. The van der Waals surface area contributed by atoms with Crippen molar-refractivity contribution in [1.82, 2.24) is 9.80 Å². The lowest BCUT2D eigenvalue weighted by molar-refractivity contribution is -0.137. The number of ether oxygens (including phenoxy) is 1. The number of imide groups is 1. The topological polar surface area (TPSA) is 49.9 Å². The number of amides is 2. The highest BCUT2D eigenvalue weighted by molar-refractivity contribution is 6.35. The Hall–Kier alpha value is -2.30. The van der Waals surface area contributed by atoms with Crippen LogP contribution in [0.4, 0.5) is 0 Å². The second-order valence-electron chi connectivity index (χ2n) is 8.74. The molecule has 3 rings (SSSR count). The van der Waals surface area contributed by atoms with Crippen LogP contribution in [0.15, 0.2) is 30.0 Å². The van der Waals surface area contributed by atoms with Gasteiger partial charge in [-0.2, -0.15) is 0 Å². The lowest BCUT2D eigenvalue weighted by Gasteiger charge is -2.32. The van der Waals surface area contributed by atoms with E-state index in [0.29, 0.717) is 36.3 Å². The van der Waals surface area contributed by atoms with Crippen molar-refractivity contribution in [2.75, 3.05) is 26.2 Å². The number of likely N-dealkylation sites (tertiary alicyclic amines) is 1. The van der Waals surface area contributed by atoms with Crippen LogP contribution < -0.4 is 4.74 Å². The summed E-state index contributed by atoms with van der Waals surface area (Å²) in [6, 6.07) is 7.61. The fourth-order valence-electron chi connectivity index (χ4n) is 3.85. The zero-order valence-corrected chi connectivity index (χ0v) is 18.2. The Morgan fingerprint density at radius 1 is 1.07 bits per heavy atom. The lowest BCUT2D eigenvalue weighted by Crippen LogP contribution is -2.38. The summed E-state index contributed by atoms with van der Waals surface area (Å²) in [5.74, 6) is 1.61. The van der Waals surface area contributed by atoms with Gasteiger partial charge in [0.1, 0.15) is 11.4 Å². The van der Waals surface area contributed by atoms with E-state index in [0.717, 1.165) is 50.1 Å². The normalized spacial score (nSPS) is 18.4. The largest absolute Gasteiger partial charge is 0.493 e. The standard InChI is InChI=1S/C24H34N2O3/c1-5-6-13-26-23(27)21(19-7-9-20(10-8-19)29-16-17(2)3)22(24(26)28)25-14-11-18(4)12-15-25/h7-10,17-18H,5-6,11-16H2,1-4H3. The first kappa shape index (κ1) is 21.4. The van der Waals surface area contributed by atoms with Crippen molar-refractivity contribution in [2.24, 2.45) is 11.8 Å². The molecule has 0 spiro atoms. The summed E-state index contributed by atoms with van der Waals surface area (Å²) in [7, 11) is 0. The summed E-state index contributed by atoms with van der Waals surface area (Å²) in [5, 5.41) is 0. The zero-order valence-electron chi connectivity index (χ0n) is 18.2. The molecule has 1 saturated heterocycles. The van der Waals surface area contributed by atoms with Gasteiger partial charge in [0.15, 0.2) is 0 Å². The number of carbonyl (C=O) groups is 2. The highest BCUT2D eigenvalue weighted by Gasteiger charge is 2.41. The third-order valence-electron chi connectivity index (χ3n) is 5.71. The van der Waals surface area contributed by atoms with E-state index in [2.05, 4.69) is 32.6 Å². The maximum atomic E-state index is 13.2. The molecule has 0 N–H and O–H groups in total. The quantitative estimate of drug-likeness (QED) is 0.612. The minimum absolute atomic E-state index is 0.131. The van der Waals surface area contributed by atoms with Crippen LogP contribution in [0.1, 0.15) is 58.9 Å². The van der Waals surface area contributed by atoms with Gasteiger partial charge in [-0.1, -0.05) is 46.2 Å². The Kier molecular flexibility index (Phi) is 6.99. The van der Waals surface area contributed by atoms with Crippen molar-refractivity contribution in [2.45, 2.75) is 53.4 Å². The van der Waals surface area contributed by atoms with Crippen molar-refractivity contribution in [1.29, 1.82) is 0 Å². The predicted molar refractivity (Wildman–Crippen MR) is 115 cm³/mol. The number of benzene rings is 1. The number of carbonyl (C=O) groups excluding carboxylic acids is 2. The molecule has 0 aliphatic carbocycles. The molecule has 29 heavy (non-hydrogen) atoms. The molecule has 2 aliphatic rings. The molecule has 0 bridgehead atoms. The number of hydrogen-bond acceptors (Lipinski definition) is 4. The fraction of sp³-hybridized carbons (Fsp3) is 0.583. The van der Waals surface area contributed by atoms with Gasteiger partial charge in [0.2, 0.25) is 0 Å². The highest BCUT2D eigenvalue weighted by Crippen LogP contribution is 2.34. The van der Waals surface area contributed by atoms with Gasteiger partial charge in [0.05, 0.1) is 12.2 Å².